The monoisotopic (exact) mass is 345 g/mol. The average molecular weight is 346 g/mol. The maximum absolute atomic E-state index is 6.19. The number of rotatable bonds is 8. The van der Waals surface area contributed by atoms with Gasteiger partial charge in [-0.2, -0.15) is 0 Å². The van der Waals surface area contributed by atoms with Gasteiger partial charge in [0.05, 0.1) is 12.1 Å². The number of benzene rings is 1. The molecule has 1 unspecified atom stereocenters. The van der Waals surface area contributed by atoms with Crippen LogP contribution in [0.15, 0.2) is 60.8 Å². The summed E-state index contributed by atoms with van der Waals surface area (Å²) >= 11 is 0. The van der Waals surface area contributed by atoms with Gasteiger partial charge in [-0.1, -0.05) is 36.4 Å². The molecule has 0 radical (unpaired) electrons. The predicted octanol–water partition coefficient (Wildman–Crippen LogP) is 3.88. The summed E-state index contributed by atoms with van der Waals surface area (Å²) in [7, 11) is 0. The van der Waals surface area contributed by atoms with Gasteiger partial charge in [-0.3, -0.25) is 0 Å². The number of halogens is 1. The van der Waals surface area contributed by atoms with E-state index in [4.69, 9.17) is 10.5 Å². The van der Waals surface area contributed by atoms with Crippen LogP contribution in [0.4, 0.5) is 0 Å². The van der Waals surface area contributed by atoms with E-state index in [0.717, 1.165) is 31.2 Å². The van der Waals surface area contributed by atoms with E-state index in [0.29, 0.717) is 12.5 Å². The van der Waals surface area contributed by atoms with Gasteiger partial charge in [-0.05, 0) is 43.4 Å². The summed E-state index contributed by atoms with van der Waals surface area (Å²) in [6.45, 7) is 0.656. The van der Waals surface area contributed by atoms with E-state index >= 15 is 0 Å². The van der Waals surface area contributed by atoms with Crippen LogP contribution in [0.3, 0.4) is 0 Å². The summed E-state index contributed by atoms with van der Waals surface area (Å²) < 4.78 is 7.54. The third-order valence-electron chi connectivity index (χ3n) is 3.96. The first-order valence-electron chi connectivity index (χ1n) is 8.18. The lowest BCUT2D eigenvalue weighted by Gasteiger charge is -2.11. The van der Waals surface area contributed by atoms with Gasteiger partial charge in [-0.15, -0.1) is 17.5 Å². The zero-order valence-electron chi connectivity index (χ0n) is 13.7. The third-order valence-corrected chi connectivity index (χ3v) is 3.96. The Kier molecular flexibility index (Phi) is 7.09. The highest BCUT2D eigenvalue weighted by Crippen LogP contribution is 2.13. The van der Waals surface area contributed by atoms with Gasteiger partial charge < -0.3 is 10.5 Å². The van der Waals surface area contributed by atoms with Crippen LogP contribution in [0.25, 0.3) is 5.52 Å². The van der Waals surface area contributed by atoms with Crippen molar-refractivity contribution in [2.75, 3.05) is 6.61 Å². The molecule has 1 aromatic carbocycles. The Bertz CT molecular complexity index is 697. The van der Waals surface area contributed by atoms with Crippen molar-refractivity contribution in [1.29, 1.82) is 0 Å². The second-order valence-corrected chi connectivity index (χ2v) is 5.83. The quantitative estimate of drug-likeness (QED) is 0.630. The van der Waals surface area contributed by atoms with E-state index in [1.807, 2.05) is 41.0 Å². The molecule has 24 heavy (non-hydrogen) atoms. The van der Waals surface area contributed by atoms with Crippen molar-refractivity contribution in [2.45, 2.75) is 31.7 Å². The lowest BCUT2D eigenvalue weighted by Crippen LogP contribution is -2.21. The van der Waals surface area contributed by atoms with Crippen molar-refractivity contribution < 1.29 is 4.74 Å². The van der Waals surface area contributed by atoms with Gasteiger partial charge in [0.25, 0.3) is 0 Å². The Labute approximate surface area is 149 Å². The second kappa shape index (κ2) is 9.30. The number of nitrogens with two attached hydrogens (primary N) is 1. The van der Waals surface area contributed by atoms with Gasteiger partial charge >= 0.3 is 0 Å². The molecular weight excluding hydrogens is 322 g/mol. The Balaban J connectivity index is 0.00000208. The van der Waals surface area contributed by atoms with Crippen molar-refractivity contribution >= 4 is 17.9 Å². The summed E-state index contributed by atoms with van der Waals surface area (Å²) in [5.74, 6) is 0.675. The topological polar surface area (TPSA) is 52.5 Å². The van der Waals surface area contributed by atoms with E-state index < -0.39 is 0 Å². The zero-order valence-corrected chi connectivity index (χ0v) is 14.5. The molecule has 2 heterocycles. The standard InChI is InChI=1S/C19H23N3O.ClH/c20-17(12-11-16-7-2-1-3-8-16)9-6-14-23-19-15-18-10-4-5-13-22(18)21-19;/h1-5,7-8,10,13,15,17H,6,9,11-12,14,20H2;1H. The van der Waals surface area contributed by atoms with Gasteiger partial charge in [-0.25, -0.2) is 4.52 Å². The van der Waals surface area contributed by atoms with Crippen LogP contribution in [0.1, 0.15) is 24.8 Å². The summed E-state index contributed by atoms with van der Waals surface area (Å²) in [6, 6.07) is 18.6. The molecule has 3 rings (SSSR count). The Hall–Kier alpha value is -2.04. The lowest BCUT2D eigenvalue weighted by atomic mass is 10.0. The van der Waals surface area contributed by atoms with Gasteiger partial charge in [0.1, 0.15) is 0 Å². The molecule has 3 aromatic rings. The number of nitrogens with zero attached hydrogens (tertiary/aromatic N) is 2. The first-order chi connectivity index (χ1) is 11.3. The SMILES string of the molecule is Cl.NC(CCCOc1cc2ccccn2n1)CCc1ccccc1. The fourth-order valence-electron chi connectivity index (χ4n) is 2.65. The predicted molar refractivity (Wildman–Crippen MR) is 99.9 cm³/mol. The van der Waals surface area contributed by atoms with Crippen LogP contribution >= 0.6 is 12.4 Å². The number of pyridine rings is 1. The summed E-state index contributed by atoms with van der Waals surface area (Å²) in [5, 5.41) is 4.37. The molecular formula is C19H24ClN3O. The summed E-state index contributed by atoms with van der Waals surface area (Å²) in [6.07, 6.45) is 5.89. The molecule has 0 spiro atoms. The molecule has 0 amide bonds. The molecule has 0 bridgehead atoms. The van der Waals surface area contributed by atoms with Crippen molar-refractivity contribution in [3.8, 4) is 5.88 Å². The molecule has 0 saturated heterocycles. The van der Waals surface area contributed by atoms with E-state index in [-0.39, 0.29) is 18.4 Å². The summed E-state index contributed by atoms with van der Waals surface area (Å²) in [4.78, 5) is 0. The molecule has 5 heteroatoms. The molecule has 1 atom stereocenters. The maximum Gasteiger partial charge on any atom is 0.233 e. The molecule has 0 aliphatic rings. The van der Waals surface area contributed by atoms with Gasteiger partial charge in [0.15, 0.2) is 0 Å². The van der Waals surface area contributed by atoms with Crippen molar-refractivity contribution in [3.63, 3.8) is 0 Å². The minimum absolute atomic E-state index is 0. The number of hydrogen-bond donors (Lipinski definition) is 1. The van der Waals surface area contributed by atoms with Crippen LogP contribution in [-0.2, 0) is 6.42 Å². The van der Waals surface area contributed by atoms with Gasteiger partial charge in [0.2, 0.25) is 5.88 Å². The fourth-order valence-corrected chi connectivity index (χ4v) is 2.65. The molecule has 0 aliphatic carbocycles. The highest BCUT2D eigenvalue weighted by atomic mass is 35.5. The van der Waals surface area contributed by atoms with E-state index in [1.54, 1.807) is 0 Å². The molecule has 4 nitrogen and oxygen atoms in total. The average Bonchev–Trinajstić information content (AvgIpc) is 3.00. The highest BCUT2D eigenvalue weighted by molar-refractivity contribution is 5.85. The van der Waals surface area contributed by atoms with Crippen LogP contribution in [0.5, 0.6) is 5.88 Å². The minimum Gasteiger partial charge on any atom is -0.477 e. The molecule has 128 valence electrons. The van der Waals surface area contributed by atoms with Crippen LogP contribution < -0.4 is 10.5 Å². The van der Waals surface area contributed by atoms with Crippen molar-refractivity contribution in [3.05, 3.63) is 66.4 Å². The smallest absolute Gasteiger partial charge is 0.233 e. The Morgan fingerprint density at radius 2 is 1.83 bits per heavy atom. The largest absolute Gasteiger partial charge is 0.477 e. The van der Waals surface area contributed by atoms with Crippen molar-refractivity contribution in [2.24, 2.45) is 5.73 Å². The number of hydrogen-bond acceptors (Lipinski definition) is 3. The number of ether oxygens (including phenoxy) is 1. The van der Waals surface area contributed by atoms with Gasteiger partial charge in [0, 0.05) is 18.3 Å². The molecule has 0 aliphatic heterocycles. The molecule has 2 N–H and O–H groups in total. The first-order valence-corrected chi connectivity index (χ1v) is 8.18. The zero-order chi connectivity index (χ0) is 15.9. The van der Waals surface area contributed by atoms with Crippen LogP contribution in [0.2, 0.25) is 0 Å². The van der Waals surface area contributed by atoms with Crippen LogP contribution in [0, 0.1) is 0 Å². The fraction of sp³-hybridized carbons (Fsp3) is 0.316. The third kappa shape index (κ3) is 5.25. The van der Waals surface area contributed by atoms with E-state index in [9.17, 15) is 0 Å². The highest BCUT2D eigenvalue weighted by Gasteiger charge is 2.05. The first kappa shape index (κ1) is 18.3. The van der Waals surface area contributed by atoms with E-state index in [2.05, 4.69) is 29.4 Å². The molecule has 2 aromatic heterocycles. The number of fused-ring (bicyclic) bond motifs is 1. The van der Waals surface area contributed by atoms with Crippen LogP contribution in [-0.4, -0.2) is 22.3 Å². The normalized spacial score (nSPS) is 11.9. The Morgan fingerprint density at radius 3 is 2.62 bits per heavy atom. The minimum atomic E-state index is 0. The Morgan fingerprint density at radius 1 is 1.04 bits per heavy atom. The van der Waals surface area contributed by atoms with E-state index in [1.165, 1.54) is 5.56 Å². The molecule has 0 fully saturated rings. The second-order valence-electron chi connectivity index (χ2n) is 5.83. The summed E-state index contributed by atoms with van der Waals surface area (Å²) in [5.41, 5.74) is 8.58. The lowest BCUT2D eigenvalue weighted by molar-refractivity contribution is 0.288. The number of aryl methyl sites for hydroxylation is 1. The molecule has 0 saturated carbocycles. The number of aromatic nitrogens is 2. The van der Waals surface area contributed by atoms with Crippen molar-refractivity contribution in [1.82, 2.24) is 9.61 Å². The maximum atomic E-state index is 6.19.